The van der Waals surface area contributed by atoms with E-state index in [1.54, 1.807) is 24.4 Å². The second kappa shape index (κ2) is 8.23. The first kappa shape index (κ1) is 21.2. The summed E-state index contributed by atoms with van der Waals surface area (Å²) in [6, 6.07) is 18.3. The van der Waals surface area contributed by atoms with Gasteiger partial charge in [0.1, 0.15) is 17.4 Å². The highest BCUT2D eigenvalue weighted by Crippen LogP contribution is 2.48. The van der Waals surface area contributed by atoms with E-state index in [-0.39, 0.29) is 23.9 Å². The van der Waals surface area contributed by atoms with Crippen molar-refractivity contribution < 1.29 is 13.6 Å². The third kappa shape index (κ3) is 3.46. The fourth-order valence-corrected chi connectivity index (χ4v) is 6.01. The molecule has 1 aliphatic carbocycles. The maximum Gasteiger partial charge on any atom is 0.174 e. The van der Waals surface area contributed by atoms with Crippen LogP contribution in [0.3, 0.4) is 0 Å². The van der Waals surface area contributed by atoms with Crippen molar-refractivity contribution in [2.45, 2.75) is 34.9 Å². The lowest BCUT2D eigenvalue weighted by Crippen LogP contribution is -2.29. The monoisotopic (exact) mass is 497 g/mol. The zero-order valence-electron chi connectivity index (χ0n) is 18.9. The van der Waals surface area contributed by atoms with E-state index in [4.69, 9.17) is 4.42 Å². The number of rotatable bonds is 4. The van der Waals surface area contributed by atoms with Crippen molar-refractivity contribution in [2.75, 3.05) is 5.32 Å². The van der Waals surface area contributed by atoms with Gasteiger partial charge < -0.3 is 14.7 Å². The van der Waals surface area contributed by atoms with Crippen LogP contribution in [0.1, 0.15) is 41.6 Å². The molecule has 178 valence electrons. The third-order valence-electron chi connectivity index (χ3n) is 6.85. The maximum absolute atomic E-state index is 14.5. The number of hydrogen-bond acceptors (Lipinski definition) is 6. The predicted octanol–water partition coefficient (Wildman–Crippen LogP) is 6.13. The van der Waals surface area contributed by atoms with Gasteiger partial charge in [-0.3, -0.25) is 9.89 Å². The van der Waals surface area contributed by atoms with Gasteiger partial charge in [0.2, 0.25) is 0 Å². The first-order chi connectivity index (χ1) is 17.6. The normalized spacial score (nSPS) is 19.3. The Morgan fingerprint density at radius 2 is 1.86 bits per heavy atom. The first-order valence-electron chi connectivity index (χ1n) is 11.7. The summed E-state index contributed by atoms with van der Waals surface area (Å²) in [7, 11) is 0. The Kier molecular flexibility index (Phi) is 4.85. The fourth-order valence-electron chi connectivity index (χ4n) is 5.24. The zero-order chi connectivity index (χ0) is 24.2. The number of benzene rings is 2. The lowest BCUT2D eigenvalue weighted by molar-refractivity contribution is -0.116. The van der Waals surface area contributed by atoms with E-state index >= 15 is 0 Å². The highest BCUT2D eigenvalue weighted by molar-refractivity contribution is 7.99. The molecule has 1 aliphatic heterocycles. The van der Waals surface area contributed by atoms with Gasteiger partial charge in [-0.15, -0.1) is 0 Å². The topological polar surface area (TPSA) is 99.6 Å². The van der Waals surface area contributed by atoms with Crippen molar-refractivity contribution in [3.63, 3.8) is 0 Å². The van der Waals surface area contributed by atoms with E-state index in [0.29, 0.717) is 28.4 Å². The number of imidazole rings is 1. The number of H-pyrrole nitrogens is 2. The molecular weight excluding hydrogens is 477 g/mol. The lowest BCUT2D eigenvalue weighted by atomic mass is 9.74. The second-order valence-corrected chi connectivity index (χ2v) is 10.0. The summed E-state index contributed by atoms with van der Waals surface area (Å²) in [6.07, 6.45) is 2.49. The molecule has 3 aromatic heterocycles. The van der Waals surface area contributed by atoms with Crippen LogP contribution in [-0.4, -0.2) is 25.9 Å². The highest BCUT2D eigenvalue weighted by Gasteiger charge is 2.41. The van der Waals surface area contributed by atoms with E-state index in [0.717, 1.165) is 33.3 Å². The quantitative estimate of drug-likeness (QED) is 0.276. The number of Topliss-reactive ketones (excluding diaryl/α,β-unsaturated/α-hetero) is 1. The van der Waals surface area contributed by atoms with Crippen LogP contribution < -0.4 is 5.32 Å². The van der Waals surface area contributed by atoms with Crippen molar-refractivity contribution in [1.82, 2.24) is 20.2 Å². The Labute approximate surface area is 209 Å². The van der Waals surface area contributed by atoms with E-state index in [1.165, 1.54) is 17.8 Å². The predicted molar refractivity (Wildman–Crippen MR) is 133 cm³/mol. The molecule has 5 aromatic rings. The second-order valence-electron chi connectivity index (χ2n) is 9.02. The summed E-state index contributed by atoms with van der Waals surface area (Å²) >= 11 is 1.40. The molecule has 0 bridgehead atoms. The number of anilines is 1. The molecule has 0 amide bonds. The van der Waals surface area contributed by atoms with Gasteiger partial charge in [0, 0.05) is 23.3 Å². The number of ketones is 1. The molecule has 0 radical (unpaired) electrons. The average molecular weight is 498 g/mol. The Balaban J connectivity index is 1.24. The number of nitrogens with zero attached hydrogens (tertiary/aromatic N) is 2. The average Bonchev–Trinajstić information content (AvgIpc) is 3.62. The molecule has 9 heteroatoms. The summed E-state index contributed by atoms with van der Waals surface area (Å²) in [5.74, 6) is 0.454. The molecule has 0 saturated carbocycles. The van der Waals surface area contributed by atoms with E-state index in [1.807, 2.05) is 36.4 Å². The number of carbonyl (C=O) groups excluding carboxylic acids is 1. The number of hydrogen-bond donors (Lipinski definition) is 3. The number of para-hydroxylation sites is 2. The van der Waals surface area contributed by atoms with Gasteiger partial charge in [-0.05, 0) is 60.0 Å². The SMILES string of the molecule is O=C1CC(c2ccccc2F)CC2=C1C(c1ccc(Sc3nc4ccccc4[nH]3)o1)c1cn[nH]c1N2. The molecule has 4 heterocycles. The van der Waals surface area contributed by atoms with Crippen LogP contribution >= 0.6 is 11.8 Å². The van der Waals surface area contributed by atoms with Crippen LogP contribution in [0.5, 0.6) is 0 Å². The first-order valence-corrected chi connectivity index (χ1v) is 12.5. The lowest BCUT2D eigenvalue weighted by Gasteiger charge is -2.34. The number of furan rings is 1. The molecule has 2 aliphatic rings. The summed E-state index contributed by atoms with van der Waals surface area (Å²) in [4.78, 5) is 21.4. The smallest absolute Gasteiger partial charge is 0.174 e. The Morgan fingerprint density at radius 1 is 1.00 bits per heavy atom. The molecule has 3 N–H and O–H groups in total. The van der Waals surface area contributed by atoms with Crippen LogP contribution in [0.2, 0.25) is 0 Å². The Bertz CT molecular complexity index is 1630. The number of carbonyl (C=O) groups is 1. The molecule has 0 spiro atoms. The minimum absolute atomic E-state index is 0.0169. The van der Waals surface area contributed by atoms with Crippen molar-refractivity contribution in [2.24, 2.45) is 0 Å². The largest absolute Gasteiger partial charge is 0.453 e. The van der Waals surface area contributed by atoms with Gasteiger partial charge in [0.25, 0.3) is 0 Å². The fraction of sp³-hybridized carbons (Fsp3) is 0.148. The van der Waals surface area contributed by atoms with Crippen molar-refractivity contribution in [3.8, 4) is 0 Å². The van der Waals surface area contributed by atoms with Crippen LogP contribution in [0, 0.1) is 5.82 Å². The van der Waals surface area contributed by atoms with Gasteiger partial charge in [-0.25, -0.2) is 9.37 Å². The van der Waals surface area contributed by atoms with Gasteiger partial charge in [0.15, 0.2) is 16.0 Å². The third-order valence-corrected chi connectivity index (χ3v) is 7.66. The van der Waals surface area contributed by atoms with Gasteiger partial charge in [0.05, 0.1) is 23.1 Å². The number of allylic oxidation sites excluding steroid dienone is 2. The molecule has 2 aromatic carbocycles. The zero-order valence-corrected chi connectivity index (χ0v) is 19.7. The molecule has 7 rings (SSSR count). The van der Waals surface area contributed by atoms with Crippen LogP contribution in [0.15, 0.2) is 92.8 Å². The maximum atomic E-state index is 14.5. The van der Waals surface area contributed by atoms with Crippen LogP contribution in [0.4, 0.5) is 10.2 Å². The molecule has 0 saturated heterocycles. The molecule has 0 fully saturated rings. The summed E-state index contributed by atoms with van der Waals surface area (Å²) < 4.78 is 20.8. The summed E-state index contributed by atoms with van der Waals surface area (Å²) in [5, 5.41) is 11.9. The van der Waals surface area contributed by atoms with Crippen LogP contribution in [0.25, 0.3) is 11.0 Å². The number of aromatic amines is 2. The molecule has 2 atom stereocenters. The minimum atomic E-state index is -0.394. The minimum Gasteiger partial charge on any atom is -0.453 e. The van der Waals surface area contributed by atoms with Gasteiger partial charge >= 0.3 is 0 Å². The van der Waals surface area contributed by atoms with Gasteiger partial charge in [-0.2, -0.15) is 5.10 Å². The van der Waals surface area contributed by atoms with Crippen molar-refractivity contribution in [3.05, 3.63) is 101 Å². The standard InChI is InChI=1S/C27H20FN5O2S/c28-17-6-2-1-5-15(17)14-11-20-25(21(34)12-14)24(16-13-29-33-26(16)30-20)22-9-10-23(35-22)36-27-31-18-7-3-4-8-19(18)32-27/h1-10,13-14,24H,11-12H2,(H,31,32)(H2,29,30,33). The van der Waals surface area contributed by atoms with Crippen molar-refractivity contribution >= 4 is 34.4 Å². The van der Waals surface area contributed by atoms with E-state index in [2.05, 4.69) is 25.5 Å². The van der Waals surface area contributed by atoms with Crippen molar-refractivity contribution in [1.29, 1.82) is 0 Å². The molecule has 36 heavy (non-hydrogen) atoms. The number of nitrogens with one attached hydrogen (secondary N) is 3. The van der Waals surface area contributed by atoms with Gasteiger partial charge in [-0.1, -0.05) is 30.3 Å². The molecular formula is C27H20FN5O2S. The Morgan fingerprint density at radius 3 is 2.75 bits per heavy atom. The summed E-state index contributed by atoms with van der Waals surface area (Å²) in [5.41, 5.74) is 4.70. The molecule has 2 unspecified atom stereocenters. The number of halogens is 1. The number of aromatic nitrogens is 4. The Hall–Kier alpha value is -4.11. The highest BCUT2D eigenvalue weighted by atomic mass is 32.2. The van der Waals surface area contributed by atoms with E-state index in [9.17, 15) is 9.18 Å². The van der Waals surface area contributed by atoms with E-state index < -0.39 is 5.92 Å². The summed E-state index contributed by atoms with van der Waals surface area (Å²) in [6.45, 7) is 0. The molecule has 7 nitrogen and oxygen atoms in total. The van der Waals surface area contributed by atoms with Crippen LogP contribution in [-0.2, 0) is 4.79 Å². The number of fused-ring (bicyclic) bond motifs is 2.